The maximum atomic E-state index is 12.1. The lowest BCUT2D eigenvalue weighted by atomic mass is 10.0. The van der Waals surface area contributed by atoms with Crippen LogP contribution >= 0.6 is 0 Å². The second-order valence-corrected chi connectivity index (χ2v) is 4.52. The Balaban J connectivity index is 2.12. The Morgan fingerprint density at radius 1 is 1.56 bits per heavy atom. The van der Waals surface area contributed by atoms with Gasteiger partial charge in [0, 0.05) is 25.0 Å². The highest BCUT2D eigenvalue weighted by molar-refractivity contribution is 5.90. The first-order valence-electron chi connectivity index (χ1n) is 5.76. The van der Waals surface area contributed by atoms with Crippen molar-refractivity contribution >= 4 is 5.91 Å². The van der Waals surface area contributed by atoms with Gasteiger partial charge in [-0.25, -0.2) is 9.97 Å². The molecule has 2 rings (SSSR count). The third-order valence-electron chi connectivity index (χ3n) is 2.93. The SMILES string of the molecule is Cc1ccnc(C(=O)N2CCCC(C)C2)n1. The molecule has 2 heterocycles. The largest absolute Gasteiger partial charge is 0.336 e. The zero-order chi connectivity index (χ0) is 11.5. The van der Waals surface area contributed by atoms with Crippen LogP contribution in [0.3, 0.4) is 0 Å². The normalized spacial score (nSPS) is 20.9. The predicted molar refractivity (Wildman–Crippen MR) is 61.1 cm³/mol. The van der Waals surface area contributed by atoms with Gasteiger partial charge in [-0.2, -0.15) is 0 Å². The lowest BCUT2D eigenvalue weighted by Gasteiger charge is -2.30. The van der Waals surface area contributed by atoms with Crippen molar-refractivity contribution in [3.8, 4) is 0 Å². The number of aryl methyl sites for hydroxylation is 1. The van der Waals surface area contributed by atoms with Crippen molar-refractivity contribution in [2.24, 2.45) is 5.92 Å². The number of aromatic nitrogens is 2. The van der Waals surface area contributed by atoms with Crippen LogP contribution in [-0.4, -0.2) is 33.9 Å². The fraction of sp³-hybridized carbons (Fsp3) is 0.583. The Kier molecular flexibility index (Phi) is 3.17. The molecule has 0 radical (unpaired) electrons. The number of amides is 1. The number of carbonyl (C=O) groups excluding carboxylic acids is 1. The van der Waals surface area contributed by atoms with Gasteiger partial charge in [-0.05, 0) is 31.7 Å². The van der Waals surface area contributed by atoms with Gasteiger partial charge >= 0.3 is 0 Å². The third-order valence-corrected chi connectivity index (χ3v) is 2.93. The van der Waals surface area contributed by atoms with Gasteiger partial charge in [0.05, 0.1) is 0 Å². The summed E-state index contributed by atoms with van der Waals surface area (Å²) < 4.78 is 0. The Morgan fingerprint density at radius 3 is 3.06 bits per heavy atom. The van der Waals surface area contributed by atoms with Gasteiger partial charge in [-0.15, -0.1) is 0 Å². The molecule has 4 heteroatoms. The number of likely N-dealkylation sites (tertiary alicyclic amines) is 1. The van der Waals surface area contributed by atoms with Crippen molar-refractivity contribution in [2.45, 2.75) is 26.7 Å². The van der Waals surface area contributed by atoms with Crippen molar-refractivity contribution < 1.29 is 4.79 Å². The molecule has 0 aromatic carbocycles. The van der Waals surface area contributed by atoms with Gasteiger partial charge in [0.15, 0.2) is 0 Å². The van der Waals surface area contributed by atoms with Crippen LogP contribution in [0.1, 0.15) is 36.1 Å². The van der Waals surface area contributed by atoms with Crippen LogP contribution in [0.4, 0.5) is 0 Å². The highest BCUT2D eigenvalue weighted by Gasteiger charge is 2.23. The summed E-state index contributed by atoms with van der Waals surface area (Å²) in [6.07, 6.45) is 3.93. The van der Waals surface area contributed by atoms with E-state index in [1.807, 2.05) is 11.8 Å². The van der Waals surface area contributed by atoms with E-state index in [4.69, 9.17) is 0 Å². The molecule has 4 nitrogen and oxygen atoms in total. The summed E-state index contributed by atoms with van der Waals surface area (Å²) in [6.45, 7) is 5.71. The molecule has 1 fully saturated rings. The first kappa shape index (κ1) is 11.0. The molecule has 1 aromatic rings. The van der Waals surface area contributed by atoms with E-state index in [2.05, 4.69) is 16.9 Å². The van der Waals surface area contributed by atoms with Crippen LogP contribution < -0.4 is 0 Å². The number of nitrogens with zero attached hydrogens (tertiary/aromatic N) is 3. The molecule has 0 saturated carbocycles. The molecule has 1 aliphatic heterocycles. The van der Waals surface area contributed by atoms with Gasteiger partial charge in [0.2, 0.25) is 5.82 Å². The molecular weight excluding hydrogens is 202 g/mol. The molecule has 0 spiro atoms. The van der Waals surface area contributed by atoms with E-state index in [0.29, 0.717) is 11.7 Å². The van der Waals surface area contributed by atoms with E-state index in [1.165, 1.54) is 6.42 Å². The zero-order valence-electron chi connectivity index (χ0n) is 9.81. The minimum Gasteiger partial charge on any atom is -0.336 e. The lowest BCUT2D eigenvalue weighted by Crippen LogP contribution is -2.39. The molecule has 0 bridgehead atoms. The Morgan fingerprint density at radius 2 is 2.38 bits per heavy atom. The Labute approximate surface area is 95.7 Å². The molecule has 1 atom stereocenters. The summed E-state index contributed by atoms with van der Waals surface area (Å²) in [5.74, 6) is 0.881. The lowest BCUT2D eigenvalue weighted by molar-refractivity contribution is 0.0670. The molecule has 0 N–H and O–H groups in total. The first-order chi connectivity index (χ1) is 7.66. The number of carbonyl (C=O) groups is 1. The van der Waals surface area contributed by atoms with Crippen molar-refractivity contribution in [3.63, 3.8) is 0 Å². The number of hydrogen-bond acceptors (Lipinski definition) is 3. The van der Waals surface area contributed by atoms with E-state index in [0.717, 1.165) is 25.2 Å². The van der Waals surface area contributed by atoms with Crippen LogP contribution in [0.2, 0.25) is 0 Å². The molecule has 1 unspecified atom stereocenters. The average Bonchev–Trinajstić information content (AvgIpc) is 2.28. The zero-order valence-corrected chi connectivity index (χ0v) is 9.81. The molecule has 1 aliphatic rings. The summed E-state index contributed by atoms with van der Waals surface area (Å²) in [4.78, 5) is 22.2. The monoisotopic (exact) mass is 219 g/mol. The van der Waals surface area contributed by atoms with E-state index < -0.39 is 0 Å². The standard InChI is InChI=1S/C12H17N3O/c1-9-4-3-7-15(8-9)12(16)11-13-6-5-10(2)14-11/h5-6,9H,3-4,7-8H2,1-2H3. The molecule has 0 aliphatic carbocycles. The Bertz CT molecular complexity index is 392. The summed E-state index contributed by atoms with van der Waals surface area (Å²) in [7, 11) is 0. The van der Waals surface area contributed by atoms with Crippen LogP contribution in [0.5, 0.6) is 0 Å². The fourth-order valence-electron chi connectivity index (χ4n) is 2.07. The molecule has 16 heavy (non-hydrogen) atoms. The molecule has 86 valence electrons. The summed E-state index contributed by atoms with van der Waals surface area (Å²) in [6, 6.07) is 1.80. The van der Waals surface area contributed by atoms with Gasteiger partial charge in [0.1, 0.15) is 0 Å². The first-order valence-corrected chi connectivity index (χ1v) is 5.76. The maximum absolute atomic E-state index is 12.1. The van der Waals surface area contributed by atoms with Crippen LogP contribution in [-0.2, 0) is 0 Å². The van der Waals surface area contributed by atoms with Crippen molar-refractivity contribution in [1.29, 1.82) is 0 Å². The quantitative estimate of drug-likeness (QED) is 0.721. The minimum atomic E-state index is -0.0322. The smallest absolute Gasteiger partial charge is 0.291 e. The van der Waals surface area contributed by atoms with E-state index in [1.54, 1.807) is 12.3 Å². The molecule has 1 saturated heterocycles. The highest BCUT2D eigenvalue weighted by Crippen LogP contribution is 2.16. The maximum Gasteiger partial charge on any atom is 0.291 e. The molecule has 1 amide bonds. The van der Waals surface area contributed by atoms with E-state index >= 15 is 0 Å². The fourth-order valence-corrected chi connectivity index (χ4v) is 2.07. The van der Waals surface area contributed by atoms with Crippen molar-refractivity contribution in [3.05, 3.63) is 23.8 Å². The number of piperidine rings is 1. The summed E-state index contributed by atoms with van der Waals surface area (Å²) >= 11 is 0. The molecule has 1 aromatic heterocycles. The highest BCUT2D eigenvalue weighted by atomic mass is 16.2. The topological polar surface area (TPSA) is 46.1 Å². The summed E-state index contributed by atoms with van der Waals surface area (Å²) in [5, 5.41) is 0. The van der Waals surface area contributed by atoms with Gasteiger partial charge in [-0.1, -0.05) is 6.92 Å². The Hall–Kier alpha value is -1.45. The number of hydrogen-bond donors (Lipinski definition) is 0. The van der Waals surface area contributed by atoms with Crippen molar-refractivity contribution in [2.75, 3.05) is 13.1 Å². The van der Waals surface area contributed by atoms with Gasteiger partial charge in [-0.3, -0.25) is 4.79 Å². The van der Waals surface area contributed by atoms with Crippen LogP contribution in [0.15, 0.2) is 12.3 Å². The van der Waals surface area contributed by atoms with Crippen LogP contribution in [0, 0.1) is 12.8 Å². The van der Waals surface area contributed by atoms with E-state index in [-0.39, 0.29) is 5.91 Å². The number of rotatable bonds is 1. The average molecular weight is 219 g/mol. The third kappa shape index (κ3) is 2.38. The van der Waals surface area contributed by atoms with Gasteiger partial charge in [0.25, 0.3) is 5.91 Å². The van der Waals surface area contributed by atoms with Gasteiger partial charge < -0.3 is 4.90 Å². The summed E-state index contributed by atoms with van der Waals surface area (Å²) in [5.41, 5.74) is 0.836. The second kappa shape index (κ2) is 4.60. The van der Waals surface area contributed by atoms with E-state index in [9.17, 15) is 4.79 Å². The van der Waals surface area contributed by atoms with Crippen LogP contribution in [0.25, 0.3) is 0 Å². The van der Waals surface area contributed by atoms with Crippen molar-refractivity contribution in [1.82, 2.24) is 14.9 Å². The molecular formula is C12H17N3O. The minimum absolute atomic E-state index is 0.0322. The predicted octanol–water partition coefficient (Wildman–Crippen LogP) is 1.66. The second-order valence-electron chi connectivity index (χ2n) is 4.52.